The number of halogens is 3. The molecule has 0 amide bonds. The molecule has 2 aromatic rings. The van der Waals surface area contributed by atoms with Gasteiger partial charge >= 0.3 is 0 Å². The normalized spacial score (nSPS) is 10.8. The highest BCUT2D eigenvalue weighted by molar-refractivity contribution is 14.1. The van der Waals surface area contributed by atoms with E-state index in [0.717, 1.165) is 8.04 Å². The second kappa shape index (κ2) is 3.62. The van der Waals surface area contributed by atoms with Crippen molar-refractivity contribution in [3.63, 3.8) is 0 Å². The van der Waals surface area contributed by atoms with Crippen LogP contribution in [0.2, 0.25) is 0 Å². The third-order valence-corrected chi connectivity index (χ3v) is 3.38. The highest BCUT2D eigenvalue weighted by atomic mass is 127. The molecule has 0 unspecified atom stereocenters. The highest BCUT2D eigenvalue weighted by Gasteiger charge is 2.08. The van der Waals surface area contributed by atoms with E-state index in [4.69, 9.17) is 5.73 Å². The first-order valence-corrected chi connectivity index (χ1v) is 5.65. The lowest BCUT2D eigenvalue weighted by atomic mass is 10.2. The van der Waals surface area contributed by atoms with Gasteiger partial charge in [0.1, 0.15) is 5.82 Å². The molecule has 2 rings (SSSR count). The summed E-state index contributed by atoms with van der Waals surface area (Å²) in [6.45, 7) is 0. The molecule has 2 N–H and O–H groups in total. The first-order valence-electron chi connectivity index (χ1n) is 3.78. The van der Waals surface area contributed by atoms with Crippen molar-refractivity contribution >= 4 is 55.1 Å². The van der Waals surface area contributed by atoms with Gasteiger partial charge in [-0.25, -0.2) is 4.39 Å². The van der Waals surface area contributed by atoms with E-state index in [-0.39, 0.29) is 5.82 Å². The van der Waals surface area contributed by atoms with Crippen LogP contribution in [-0.4, -0.2) is 4.98 Å². The fourth-order valence-electron chi connectivity index (χ4n) is 1.22. The lowest BCUT2D eigenvalue weighted by Gasteiger charge is -2.05. The monoisotopic (exact) mass is 366 g/mol. The zero-order chi connectivity index (χ0) is 10.3. The van der Waals surface area contributed by atoms with Gasteiger partial charge in [0.05, 0.1) is 17.4 Å². The number of benzene rings is 1. The number of rotatable bonds is 0. The standard InChI is InChI=1S/C9H5BrFIN2/c10-6-2-7(12)8(13)5-1-4(11)3-14-9(5)6/h1-3H,13H2. The van der Waals surface area contributed by atoms with E-state index < -0.39 is 0 Å². The quantitative estimate of drug-likeness (QED) is 0.573. The second-order valence-electron chi connectivity index (χ2n) is 2.80. The van der Waals surface area contributed by atoms with Crippen molar-refractivity contribution in [1.29, 1.82) is 0 Å². The van der Waals surface area contributed by atoms with Crippen molar-refractivity contribution in [1.82, 2.24) is 4.98 Å². The van der Waals surface area contributed by atoms with Gasteiger partial charge in [-0.15, -0.1) is 0 Å². The summed E-state index contributed by atoms with van der Waals surface area (Å²) in [4.78, 5) is 3.98. The van der Waals surface area contributed by atoms with Crippen LogP contribution in [0.5, 0.6) is 0 Å². The van der Waals surface area contributed by atoms with Crippen LogP contribution in [0.3, 0.4) is 0 Å². The lowest BCUT2D eigenvalue weighted by Crippen LogP contribution is -1.94. The molecule has 1 aromatic heterocycles. The van der Waals surface area contributed by atoms with Crippen LogP contribution in [0.1, 0.15) is 0 Å². The number of hydrogen-bond acceptors (Lipinski definition) is 2. The maximum absolute atomic E-state index is 12.9. The smallest absolute Gasteiger partial charge is 0.142 e. The van der Waals surface area contributed by atoms with E-state index in [1.54, 1.807) is 0 Å². The van der Waals surface area contributed by atoms with Crippen LogP contribution >= 0.6 is 38.5 Å². The second-order valence-corrected chi connectivity index (χ2v) is 4.82. The Balaban J connectivity index is 2.95. The molecule has 0 fully saturated rings. The molecule has 0 aliphatic heterocycles. The van der Waals surface area contributed by atoms with Crippen LogP contribution in [0.25, 0.3) is 10.9 Å². The number of nitrogens with zero attached hydrogens (tertiary/aromatic N) is 1. The molecule has 14 heavy (non-hydrogen) atoms. The van der Waals surface area contributed by atoms with Gasteiger partial charge in [0.2, 0.25) is 0 Å². The summed E-state index contributed by atoms with van der Waals surface area (Å²) < 4.78 is 14.7. The van der Waals surface area contributed by atoms with Gasteiger partial charge in [-0.05, 0) is 50.7 Å². The fraction of sp³-hybridized carbons (Fsp3) is 0. The maximum Gasteiger partial charge on any atom is 0.142 e. The number of nitrogens with two attached hydrogens (primary N) is 1. The Bertz CT molecular complexity index is 516. The molecule has 0 saturated carbocycles. The van der Waals surface area contributed by atoms with E-state index in [1.165, 1.54) is 12.3 Å². The fourth-order valence-corrected chi connectivity index (χ4v) is 2.80. The topological polar surface area (TPSA) is 38.9 Å². The summed E-state index contributed by atoms with van der Waals surface area (Å²) in [5.74, 6) is -0.377. The van der Waals surface area contributed by atoms with Gasteiger partial charge < -0.3 is 5.73 Å². The molecule has 0 atom stereocenters. The Kier molecular flexibility index (Phi) is 2.61. The first-order chi connectivity index (χ1) is 6.59. The molecular formula is C9H5BrFIN2. The number of pyridine rings is 1. The van der Waals surface area contributed by atoms with Crippen molar-refractivity contribution < 1.29 is 4.39 Å². The van der Waals surface area contributed by atoms with Gasteiger partial charge in [0.15, 0.2) is 0 Å². The molecule has 0 bridgehead atoms. The minimum atomic E-state index is -0.377. The van der Waals surface area contributed by atoms with E-state index in [2.05, 4.69) is 43.5 Å². The van der Waals surface area contributed by atoms with Crippen molar-refractivity contribution in [2.45, 2.75) is 0 Å². The predicted octanol–water partition coefficient (Wildman–Crippen LogP) is 3.32. The van der Waals surface area contributed by atoms with Gasteiger partial charge in [-0.1, -0.05) is 0 Å². The third-order valence-electron chi connectivity index (χ3n) is 1.88. The number of fused-ring (bicyclic) bond motifs is 1. The minimum Gasteiger partial charge on any atom is -0.397 e. The molecule has 5 heteroatoms. The molecule has 0 aliphatic carbocycles. The van der Waals surface area contributed by atoms with Crippen LogP contribution in [-0.2, 0) is 0 Å². The predicted molar refractivity (Wildman–Crippen MR) is 66.5 cm³/mol. The van der Waals surface area contributed by atoms with Crippen LogP contribution < -0.4 is 5.73 Å². The Morgan fingerprint density at radius 1 is 1.43 bits per heavy atom. The molecule has 2 nitrogen and oxygen atoms in total. The van der Waals surface area contributed by atoms with E-state index in [0.29, 0.717) is 16.6 Å². The third kappa shape index (κ3) is 1.58. The Hall–Kier alpha value is -0.430. The van der Waals surface area contributed by atoms with Crippen molar-refractivity contribution in [3.8, 4) is 0 Å². The van der Waals surface area contributed by atoms with Crippen molar-refractivity contribution in [3.05, 3.63) is 32.2 Å². The van der Waals surface area contributed by atoms with Gasteiger partial charge in [-0.2, -0.15) is 0 Å². The first kappa shape index (κ1) is 10.1. The molecule has 0 aliphatic rings. The molecule has 0 spiro atoms. The van der Waals surface area contributed by atoms with Crippen LogP contribution in [0.4, 0.5) is 10.1 Å². The maximum atomic E-state index is 12.9. The molecule has 0 radical (unpaired) electrons. The summed E-state index contributed by atoms with van der Waals surface area (Å²) in [7, 11) is 0. The Morgan fingerprint density at radius 2 is 2.14 bits per heavy atom. The molecule has 0 saturated heterocycles. The summed E-state index contributed by atoms with van der Waals surface area (Å²) >= 11 is 5.47. The summed E-state index contributed by atoms with van der Waals surface area (Å²) in [6.07, 6.45) is 1.18. The van der Waals surface area contributed by atoms with Crippen molar-refractivity contribution in [2.24, 2.45) is 0 Å². The largest absolute Gasteiger partial charge is 0.397 e. The van der Waals surface area contributed by atoms with Crippen LogP contribution in [0, 0.1) is 9.39 Å². The molecule has 72 valence electrons. The number of hydrogen-bond donors (Lipinski definition) is 1. The highest BCUT2D eigenvalue weighted by Crippen LogP contribution is 2.31. The summed E-state index contributed by atoms with van der Waals surface area (Å²) in [5, 5.41) is 0.642. The zero-order valence-electron chi connectivity index (χ0n) is 6.89. The SMILES string of the molecule is Nc1c(I)cc(Br)c2ncc(F)cc12. The Labute approximate surface area is 102 Å². The number of aromatic nitrogens is 1. The molecule has 1 heterocycles. The van der Waals surface area contributed by atoms with Gasteiger partial charge in [-0.3, -0.25) is 4.98 Å². The van der Waals surface area contributed by atoms with E-state index in [1.807, 2.05) is 6.07 Å². The lowest BCUT2D eigenvalue weighted by molar-refractivity contribution is 0.624. The Morgan fingerprint density at radius 3 is 2.86 bits per heavy atom. The summed E-state index contributed by atoms with van der Waals surface area (Å²) in [6, 6.07) is 3.26. The zero-order valence-corrected chi connectivity index (χ0v) is 10.6. The number of nitrogen functional groups attached to an aromatic ring is 1. The average Bonchev–Trinajstić information content (AvgIpc) is 2.14. The average molecular weight is 367 g/mol. The summed E-state index contributed by atoms with van der Waals surface area (Å²) in [5.41, 5.74) is 7.07. The number of anilines is 1. The van der Waals surface area contributed by atoms with Crippen molar-refractivity contribution in [2.75, 3.05) is 5.73 Å². The van der Waals surface area contributed by atoms with Gasteiger partial charge in [0.25, 0.3) is 0 Å². The van der Waals surface area contributed by atoms with Crippen LogP contribution in [0.15, 0.2) is 22.8 Å². The van der Waals surface area contributed by atoms with E-state index >= 15 is 0 Å². The van der Waals surface area contributed by atoms with Gasteiger partial charge in [0, 0.05) is 13.4 Å². The van der Waals surface area contributed by atoms with E-state index in [9.17, 15) is 4.39 Å². The molecular weight excluding hydrogens is 362 g/mol. The molecule has 1 aromatic carbocycles. The minimum absolute atomic E-state index is 0.377.